The molecule has 0 aromatic carbocycles. The zero-order chi connectivity index (χ0) is 13.6. The van der Waals surface area contributed by atoms with E-state index in [9.17, 15) is 9.59 Å². The van der Waals surface area contributed by atoms with Crippen LogP contribution in [0.4, 0.5) is 0 Å². The molecule has 0 aliphatic heterocycles. The Balaban J connectivity index is 2.42. The molecular weight excluding hydrogens is 250 g/mol. The van der Waals surface area contributed by atoms with Crippen LogP contribution in [-0.2, 0) is 17.8 Å². The van der Waals surface area contributed by atoms with Gasteiger partial charge in [-0.15, -0.1) is 0 Å². The lowest BCUT2D eigenvalue weighted by molar-refractivity contribution is -0.138. The van der Waals surface area contributed by atoms with Crippen LogP contribution in [0, 0.1) is 0 Å². The van der Waals surface area contributed by atoms with Gasteiger partial charge in [-0.2, -0.15) is 5.10 Å². The van der Waals surface area contributed by atoms with E-state index in [1.54, 1.807) is 22.8 Å². The lowest BCUT2D eigenvalue weighted by Crippen LogP contribution is -2.29. The minimum absolute atomic E-state index is 0.377. The van der Waals surface area contributed by atoms with Crippen molar-refractivity contribution in [3.05, 3.63) is 34.6 Å². The Bertz CT molecular complexity index is 840. The number of fused-ring (bicyclic) bond motifs is 3. The quantitative estimate of drug-likeness (QED) is 0.756. The van der Waals surface area contributed by atoms with Gasteiger partial charge in [0.2, 0.25) is 0 Å². The third-order valence-electron chi connectivity index (χ3n) is 2.97. The molecule has 0 spiro atoms. The second-order valence-corrected chi connectivity index (χ2v) is 4.16. The Morgan fingerprint density at radius 1 is 1.47 bits per heavy atom. The largest absolute Gasteiger partial charge is 0.480 e. The lowest BCUT2D eigenvalue weighted by Gasteiger charge is -2.07. The normalized spacial score (nSPS) is 11.4. The number of hydrogen-bond donors (Lipinski definition) is 1. The summed E-state index contributed by atoms with van der Waals surface area (Å²) in [6, 6.07) is 3.36. The van der Waals surface area contributed by atoms with Crippen molar-refractivity contribution in [2.75, 3.05) is 0 Å². The molecule has 0 amide bonds. The molecule has 7 heteroatoms. The van der Waals surface area contributed by atoms with Gasteiger partial charge in [0.1, 0.15) is 17.9 Å². The first-order valence-electron chi connectivity index (χ1n) is 5.82. The van der Waals surface area contributed by atoms with E-state index in [4.69, 9.17) is 9.52 Å². The summed E-state index contributed by atoms with van der Waals surface area (Å²) < 4.78 is 7.94. The first-order chi connectivity index (χ1) is 9.11. The number of aromatic nitrogens is 3. The van der Waals surface area contributed by atoms with Crippen molar-refractivity contribution in [1.82, 2.24) is 14.2 Å². The van der Waals surface area contributed by atoms with Gasteiger partial charge < -0.3 is 9.52 Å². The van der Waals surface area contributed by atoms with E-state index in [0.717, 1.165) is 10.2 Å². The van der Waals surface area contributed by atoms with Crippen molar-refractivity contribution >= 4 is 22.6 Å². The fourth-order valence-corrected chi connectivity index (χ4v) is 2.19. The van der Waals surface area contributed by atoms with E-state index >= 15 is 0 Å². The molecule has 0 saturated heterocycles. The Morgan fingerprint density at radius 2 is 2.26 bits per heavy atom. The molecule has 0 aliphatic rings. The fourth-order valence-electron chi connectivity index (χ4n) is 2.19. The first-order valence-corrected chi connectivity index (χ1v) is 5.82. The average molecular weight is 261 g/mol. The van der Waals surface area contributed by atoms with Crippen molar-refractivity contribution in [1.29, 1.82) is 0 Å². The van der Waals surface area contributed by atoms with E-state index in [1.807, 2.05) is 6.92 Å². The number of aryl methyl sites for hydroxylation is 1. The van der Waals surface area contributed by atoms with Gasteiger partial charge in [-0.1, -0.05) is 6.92 Å². The molecule has 0 saturated carbocycles. The molecule has 0 aliphatic carbocycles. The van der Waals surface area contributed by atoms with Gasteiger partial charge in [0.25, 0.3) is 5.56 Å². The third-order valence-corrected chi connectivity index (χ3v) is 2.97. The number of carboxylic acids is 1. The number of aliphatic carboxylic acids is 1. The first kappa shape index (κ1) is 11.5. The molecule has 0 atom stereocenters. The maximum absolute atomic E-state index is 12.2. The molecule has 3 rings (SSSR count). The van der Waals surface area contributed by atoms with Gasteiger partial charge in [0.05, 0.1) is 11.8 Å². The SMILES string of the molecule is CCc1nn(CC(=O)O)c(=O)c2cc3occc3n12. The topological polar surface area (TPSA) is 89.7 Å². The standard InChI is InChI=1S/C12H11N3O4/c1-2-10-13-14(6-11(16)17)12(18)8-5-9-7(15(8)10)3-4-19-9/h3-5H,2,6H2,1H3,(H,16,17). The molecule has 0 unspecified atom stereocenters. The average Bonchev–Trinajstić information content (AvgIpc) is 2.92. The van der Waals surface area contributed by atoms with Crippen LogP contribution in [-0.4, -0.2) is 25.3 Å². The highest BCUT2D eigenvalue weighted by atomic mass is 16.4. The number of nitrogens with zero attached hydrogens (tertiary/aromatic N) is 3. The zero-order valence-electron chi connectivity index (χ0n) is 10.2. The fraction of sp³-hybridized carbons (Fsp3) is 0.250. The molecule has 0 bridgehead atoms. The Hall–Kier alpha value is -2.57. The highest BCUT2D eigenvalue weighted by molar-refractivity contribution is 5.82. The lowest BCUT2D eigenvalue weighted by atomic mass is 10.4. The molecule has 3 aromatic rings. The van der Waals surface area contributed by atoms with Gasteiger partial charge in [-0.05, 0) is 0 Å². The van der Waals surface area contributed by atoms with Crippen LogP contribution in [0.2, 0.25) is 0 Å². The summed E-state index contributed by atoms with van der Waals surface area (Å²) in [5, 5.41) is 12.9. The van der Waals surface area contributed by atoms with Crippen LogP contribution in [0.15, 0.2) is 27.6 Å². The maximum atomic E-state index is 12.2. The molecule has 7 nitrogen and oxygen atoms in total. The summed E-state index contributed by atoms with van der Waals surface area (Å²) in [4.78, 5) is 22.9. The molecule has 98 valence electrons. The Labute approximate surface area is 106 Å². The van der Waals surface area contributed by atoms with Crippen molar-refractivity contribution < 1.29 is 14.3 Å². The van der Waals surface area contributed by atoms with Crippen molar-refractivity contribution in [3.8, 4) is 0 Å². The van der Waals surface area contributed by atoms with Crippen molar-refractivity contribution in [2.24, 2.45) is 0 Å². The highest BCUT2D eigenvalue weighted by Crippen LogP contribution is 2.20. The predicted octanol–water partition coefficient (Wildman–Crippen LogP) is 0.889. The van der Waals surface area contributed by atoms with E-state index < -0.39 is 18.1 Å². The highest BCUT2D eigenvalue weighted by Gasteiger charge is 2.15. The number of rotatable bonds is 3. The number of hydrogen-bond acceptors (Lipinski definition) is 4. The van der Waals surface area contributed by atoms with E-state index in [0.29, 0.717) is 23.3 Å². The summed E-state index contributed by atoms with van der Waals surface area (Å²) in [5.41, 5.74) is 1.29. The number of carboxylic acid groups (broad SMARTS) is 1. The smallest absolute Gasteiger partial charge is 0.325 e. The molecule has 0 radical (unpaired) electrons. The summed E-state index contributed by atoms with van der Waals surface area (Å²) in [6.45, 7) is 1.44. The van der Waals surface area contributed by atoms with Gasteiger partial charge >= 0.3 is 5.97 Å². The van der Waals surface area contributed by atoms with Crippen LogP contribution < -0.4 is 5.56 Å². The van der Waals surface area contributed by atoms with Crippen LogP contribution >= 0.6 is 0 Å². The van der Waals surface area contributed by atoms with E-state index in [2.05, 4.69) is 5.10 Å². The summed E-state index contributed by atoms with van der Waals surface area (Å²) in [5.74, 6) is -0.483. The van der Waals surface area contributed by atoms with Crippen LogP contribution in [0.5, 0.6) is 0 Å². The van der Waals surface area contributed by atoms with Crippen molar-refractivity contribution in [3.63, 3.8) is 0 Å². The van der Waals surface area contributed by atoms with E-state index in [1.165, 1.54) is 0 Å². The second-order valence-electron chi connectivity index (χ2n) is 4.16. The molecule has 1 N–H and O–H groups in total. The van der Waals surface area contributed by atoms with Crippen LogP contribution in [0.3, 0.4) is 0 Å². The maximum Gasteiger partial charge on any atom is 0.325 e. The summed E-state index contributed by atoms with van der Waals surface area (Å²) >= 11 is 0. The van der Waals surface area contributed by atoms with Gasteiger partial charge in [0, 0.05) is 18.6 Å². The molecule has 3 aromatic heterocycles. The monoisotopic (exact) mass is 261 g/mol. The Kier molecular flexibility index (Phi) is 2.41. The van der Waals surface area contributed by atoms with Crippen molar-refractivity contribution in [2.45, 2.75) is 19.9 Å². The zero-order valence-corrected chi connectivity index (χ0v) is 10.2. The Morgan fingerprint density at radius 3 is 2.95 bits per heavy atom. The minimum atomic E-state index is -1.10. The van der Waals surface area contributed by atoms with E-state index in [-0.39, 0.29) is 0 Å². The third kappa shape index (κ3) is 1.62. The second kappa shape index (κ2) is 3.98. The number of carbonyl (C=O) groups is 1. The van der Waals surface area contributed by atoms with Gasteiger partial charge in [-0.25, -0.2) is 4.68 Å². The number of furan rings is 1. The molecule has 19 heavy (non-hydrogen) atoms. The molecule has 0 fully saturated rings. The molecular formula is C12H11N3O4. The summed E-state index contributed by atoms with van der Waals surface area (Å²) in [6.07, 6.45) is 2.12. The van der Waals surface area contributed by atoms with Crippen LogP contribution in [0.25, 0.3) is 16.6 Å². The van der Waals surface area contributed by atoms with Crippen LogP contribution in [0.1, 0.15) is 12.7 Å². The summed E-state index contributed by atoms with van der Waals surface area (Å²) in [7, 11) is 0. The predicted molar refractivity (Wildman–Crippen MR) is 66.2 cm³/mol. The van der Waals surface area contributed by atoms with Gasteiger partial charge in [-0.3, -0.25) is 14.0 Å². The van der Waals surface area contributed by atoms with Gasteiger partial charge in [0.15, 0.2) is 5.58 Å². The minimum Gasteiger partial charge on any atom is -0.480 e. The molecule has 3 heterocycles.